The summed E-state index contributed by atoms with van der Waals surface area (Å²) in [7, 11) is 0. The van der Waals surface area contributed by atoms with Gasteiger partial charge in [0.1, 0.15) is 12.4 Å². The zero-order valence-corrected chi connectivity index (χ0v) is 13.4. The van der Waals surface area contributed by atoms with Crippen molar-refractivity contribution < 1.29 is 14.3 Å². The first-order valence-electron chi connectivity index (χ1n) is 7.56. The fourth-order valence-electron chi connectivity index (χ4n) is 2.60. The minimum Gasteiger partial charge on any atom is -0.493 e. The minimum atomic E-state index is -0.140. The molecular formula is C18H18ClNO3. The van der Waals surface area contributed by atoms with Gasteiger partial charge in [0.05, 0.1) is 19.3 Å². The van der Waals surface area contributed by atoms with Crippen LogP contribution in [0.5, 0.6) is 5.75 Å². The number of nitrogens with one attached hydrogen (secondary N) is 1. The van der Waals surface area contributed by atoms with Crippen LogP contribution in [0.3, 0.4) is 0 Å². The van der Waals surface area contributed by atoms with Gasteiger partial charge in [0.2, 0.25) is 5.91 Å². The number of hydrogen-bond acceptors (Lipinski definition) is 3. The van der Waals surface area contributed by atoms with E-state index in [9.17, 15) is 4.79 Å². The molecule has 1 atom stereocenters. The van der Waals surface area contributed by atoms with Crippen LogP contribution in [0, 0.1) is 0 Å². The van der Waals surface area contributed by atoms with Gasteiger partial charge in [-0.15, -0.1) is 0 Å². The molecular weight excluding hydrogens is 314 g/mol. The first-order chi connectivity index (χ1) is 11.2. The first kappa shape index (κ1) is 15.8. The van der Waals surface area contributed by atoms with E-state index in [1.165, 1.54) is 0 Å². The number of carbonyl (C=O) groups excluding carboxylic acids is 1. The predicted molar refractivity (Wildman–Crippen MR) is 88.5 cm³/mol. The molecule has 0 radical (unpaired) electrons. The Kier molecular flexibility index (Phi) is 5.16. The molecule has 3 rings (SSSR count). The molecule has 23 heavy (non-hydrogen) atoms. The van der Waals surface area contributed by atoms with Gasteiger partial charge in [0.25, 0.3) is 0 Å². The van der Waals surface area contributed by atoms with Gasteiger partial charge in [0.15, 0.2) is 0 Å². The standard InChI is InChI=1S/C18H18ClNO3/c19-15-7-3-1-5-13(15)11-22-12-18(21)20-16-9-10-23-17-8-4-2-6-14(16)17/h1-8,16H,9-12H2,(H,20,21). The average molecular weight is 332 g/mol. The molecule has 0 saturated carbocycles. The van der Waals surface area contributed by atoms with E-state index in [0.717, 1.165) is 23.3 Å². The van der Waals surface area contributed by atoms with Crippen molar-refractivity contribution in [2.45, 2.75) is 19.1 Å². The number of carbonyl (C=O) groups is 1. The molecule has 0 fully saturated rings. The Labute approximate surface area is 140 Å². The lowest BCUT2D eigenvalue weighted by Crippen LogP contribution is -2.34. The van der Waals surface area contributed by atoms with Crippen LogP contribution in [0.2, 0.25) is 5.02 Å². The van der Waals surface area contributed by atoms with E-state index in [2.05, 4.69) is 5.32 Å². The predicted octanol–water partition coefficient (Wildman–Crippen LogP) is 3.50. The zero-order chi connectivity index (χ0) is 16.1. The second kappa shape index (κ2) is 7.49. The summed E-state index contributed by atoms with van der Waals surface area (Å²) in [6.45, 7) is 0.921. The number of para-hydroxylation sites is 1. The number of benzene rings is 2. The van der Waals surface area contributed by atoms with E-state index in [-0.39, 0.29) is 18.6 Å². The van der Waals surface area contributed by atoms with Gasteiger partial charge in [-0.25, -0.2) is 0 Å². The zero-order valence-electron chi connectivity index (χ0n) is 12.6. The van der Waals surface area contributed by atoms with Crippen LogP contribution in [0.15, 0.2) is 48.5 Å². The lowest BCUT2D eigenvalue weighted by Gasteiger charge is -2.26. The minimum absolute atomic E-state index is 0.00471. The third-order valence-corrected chi connectivity index (χ3v) is 4.11. The number of halogens is 1. The van der Waals surface area contributed by atoms with Crippen LogP contribution in [0.25, 0.3) is 0 Å². The summed E-state index contributed by atoms with van der Waals surface area (Å²) >= 11 is 6.06. The third kappa shape index (κ3) is 4.03. The van der Waals surface area contributed by atoms with E-state index >= 15 is 0 Å². The van der Waals surface area contributed by atoms with E-state index in [0.29, 0.717) is 18.2 Å². The normalized spacial score (nSPS) is 16.3. The van der Waals surface area contributed by atoms with Crippen molar-refractivity contribution >= 4 is 17.5 Å². The highest BCUT2D eigenvalue weighted by atomic mass is 35.5. The molecule has 1 N–H and O–H groups in total. The molecule has 2 aromatic carbocycles. The molecule has 120 valence electrons. The highest BCUT2D eigenvalue weighted by Crippen LogP contribution is 2.31. The molecule has 4 nitrogen and oxygen atoms in total. The molecule has 0 spiro atoms. The van der Waals surface area contributed by atoms with Gasteiger partial charge in [-0.2, -0.15) is 0 Å². The molecule has 1 aliphatic heterocycles. The van der Waals surface area contributed by atoms with E-state index < -0.39 is 0 Å². The molecule has 1 heterocycles. The largest absolute Gasteiger partial charge is 0.493 e. The van der Waals surface area contributed by atoms with Crippen LogP contribution >= 0.6 is 11.6 Å². The van der Waals surface area contributed by atoms with Crippen molar-refractivity contribution in [2.75, 3.05) is 13.2 Å². The van der Waals surface area contributed by atoms with Gasteiger partial charge in [-0.3, -0.25) is 4.79 Å². The van der Waals surface area contributed by atoms with Crippen LogP contribution in [-0.2, 0) is 16.1 Å². The Hall–Kier alpha value is -2.04. The van der Waals surface area contributed by atoms with Crippen LogP contribution in [0.4, 0.5) is 0 Å². The van der Waals surface area contributed by atoms with Gasteiger partial charge in [-0.1, -0.05) is 48.0 Å². The summed E-state index contributed by atoms with van der Waals surface area (Å²) in [5.41, 5.74) is 1.89. The van der Waals surface area contributed by atoms with E-state index in [4.69, 9.17) is 21.1 Å². The average Bonchev–Trinajstić information content (AvgIpc) is 2.57. The smallest absolute Gasteiger partial charge is 0.246 e. The monoisotopic (exact) mass is 331 g/mol. The third-order valence-electron chi connectivity index (χ3n) is 3.74. The molecule has 0 bridgehead atoms. The van der Waals surface area contributed by atoms with Crippen molar-refractivity contribution in [3.8, 4) is 5.75 Å². The second-order valence-electron chi connectivity index (χ2n) is 5.38. The maximum absolute atomic E-state index is 12.1. The van der Waals surface area contributed by atoms with Gasteiger partial charge < -0.3 is 14.8 Å². The molecule has 5 heteroatoms. The quantitative estimate of drug-likeness (QED) is 0.912. The number of fused-ring (bicyclic) bond motifs is 1. The fraction of sp³-hybridized carbons (Fsp3) is 0.278. The Bertz CT molecular complexity index is 689. The molecule has 1 unspecified atom stereocenters. The van der Waals surface area contributed by atoms with Gasteiger partial charge in [0, 0.05) is 17.0 Å². The Morgan fingerprint density at radius 3 is 2.87 bits per heavy atom. The Balaban J connectivity index is 1.52. The topological polar surface area (TPSA) is 47.6 Å². The van der Waals surface area contributed by atoms with Crippen LogP contribution < -0.4 is 10.1 Å². The van der Waals surface area contributed by atoms with E-state index in [1.807, 2.05) is 42.5 Å². The van der Waals surface area contributed by atoms with Crippen molar-refractivity contribution in [3.05, 3.63) is 64.7 Å². The number of amides is 1. The van der Waals surface area contributed by atoms with Crippen molar-refractivity contribution in [1.29, 1.82) is 0 Å². The summed E-state index contributed by atoms with van der Waals surface area (Å²) in [6.07, 6.45) is 0.757. The molecule has 1 aliphatic rings. The molecule has 0 saturated heterocycles. The van der Waals surface area contributed by atoms with Gasteiger partial charge >= 0.3 is 0 Å². The lowest BCUT2D eigenvalue weighted by molar-refractivity contribution is -0.127. The Morgan fingerprint density at radius 2 is 2.00 bits per heavy atom. The summed E-state index contributed by atoms with van der Waals surface area (Å²) in [5, 5.41) is 3.64. The molecule has 2 aromatic rings. The van der Waals surface area contributed by atoms with Crippen LogP contribution in [-0.4, -0.2) is 19.1 Å². The van der Waals surface area contributed by atoms with Crippen molar-refractivity contribution in [1.82, 2.24) is 5.32 Å². The lowest BCUT2D eigenvalue weighted by atomic mass is 10.0. The highest BCUT2D eigenvalue weighted by Gasteiger charge is 2.22. The number of rotatable bonds is 5. The maximum Gasteiger partial charge on any atom is 0.246 e. The Morgan fingerprint density at radius 1 is 1.22 bits per heavy atom. The summed E-state index contributed by atoms with van der Waals surface area (Å²) in [4.78, 5) is 12.1. The van der Waals surface area contributed by atoms with Crippen molar-refractivity contribution in [3.63, 3.8) is 0 Å². The molecule has 0 aliphatic carbocycles. The summed E-state index contributed by atoms with van der Waals surface area (Å²) in [5.74, 6) is 0.694. The van der Waals surface area contributed by atoms with Crippen LogP contribution in [0.1, 0.15) is 23.6 Å². The maximum atomic E-state index is 12.1. The number of ether oxygens (including phenoxy) is 2. The second-order valence-corrected chi connectivity index (χ2v) is 5.79. The number of hydrogen-bond donors (Lipinski definition) is 1. The molecule has 0 aromatic heterocycles. The summed E-state index contributed by atoms with van der Waals surface area (Å²) < 4.78 is 11.1. The SMILES string of the molecule is O=C(COCc1ccccc1Cl)NC1CCOc2ccccc21. The fourth-order valence-corrected chi connectivity index (χ4v) is 2.79. The first-order valence-corrected chi connectivity index (χ1v) is 7.94. The van der Waals surface area contributed by atoms with E-state index in [1.54, 1.807) is 6.07 Å². The molecule has 1 amide bonds. The summed E-state index contributed by atoms with van der Waals surface area (Å²) in [6, 6.07) is 15.2. The highest BCUT2D eigenvalue weighted by molar-refractivity contribution is 6.31. The van der Waals surface area contributed by atoms with Crippen molar-refractivity contribution in [2.24, 2.45) is 0 Å². The van der Waals surface area contributed by atoms with Gasteiger partial charge in [-0.05, 0) is 17.7 Å².